The van der Waals surface area contributed by atoms with Crippen molar-refractivity contribution in [3.8, 4) is 11.6 Å². The van der Waals surface area contributed by atoms with Crippen LogP contribution in [0.5, 0.6) is 11.6 Å². The number of halogens is 1. The highest BCUT2D eigenvalue weighted by atomic mass is 35.5. The number of carboxylic acid groups (broad SMARTS) is 1. The zero-order chi connectivity index (χ0) is 21.8. The summed E-state index contributed by atoms with van der Waals surface area (Å²) in [6.45, 7) is 0.437. The number of nitrogens with one attached hydrogen (secondary N) is 1. The minimum atomic E-state index is -1.08. The lowest BCUT2D eigenvalue weighted by Gasteiger charge is -2.27. The van der Waals surface area contributed by atoms with Crippen molar-refractivity contribution in [2.75, 3.05) is 6.54 Å². The van der Waals surface area contributed by atoms with Crippen molar-refractivity contribution in [1.82, 2.24) is 10.3 Å². The number of benzene rings is 2. The number of aryl methyl sites for hydroxylation is 1. The summed E-state index contributed by atoms with van der Waals surface area (Å²) in [7, 11) is 0. The summed E-state index contributed by atoms with van der Waals surface area (Å²) in [5, 5.41) is 23.8. The molecule has 6 nitrogen and oxygen atoms in total. The van der Waals surface area contributed by atoms with Crippen LogP contribution in [-0.2, 0) is 12.8 Å². The Balaban J connectivity index is 1.41. The highest BCUT2D eigenvalue weighted by molar-refractivity contribution is 6.30. The number of carboxylic acids is 1. The molecule has 0 bridgehead atoms. The highest BCUT2D eigenvalue weighted by Crippen LogP contribution is 2.29. The molecule has 2 aromatic carbocycles. The van der Waals surface area contributed by atoms with Crippen LogP contribution in [0.1, 0.15) is 39.6 Å². The van der Waals surface area contributed by atoms with Gasteiger partial charge in [-0.1, -0.05) is 29.8 Å². The van der Waals surface area contributed by atoms with Gasteiger partial charge in [-0.25, -0.2) is 9.78 Å². The van der Waals surface area contributed by atoms with Crippen LogP contribution >= 0.6 is 11.6 Å². The van der Waals surface area contributed by atoms with Gasteiger partial charge in [-0.3, -0.25) is 0 Å². The molecule has 7 heteroatoms. The van der Waals surface area contributed by atoms with Gasteiger partial charge in [0.2, 0.25) is 5.88 Å². The summed E-state index contributed by atoms with van der Waals surface area (Å²) in [6, 6.07) is 16.3. The Kier molecular flexibility index (Phi) is 6.51. The van der Waals surface area contributed by atoms with Crippen LogP contribution < -0.4 is 10.1 Å². The maximum atomic E-state index is 11.4. The van der Waals surface area contributed by atoms with E-state index in [4.69, 9.17) is 16.3 Å². The number of ether oxygens (including phenoxy) is 1. The van der Waals surface area contributed by atoms with Crippen molar-refractivity contribution in [2.45, 2.75) is 31.4 Å². The van der Waals surface area contributed by atoms with Crippen molar-refractivity contribution < 1.29 is 19.7 Å². The summed E-state index contributed by atoms with van der Waals surface area (Å²) in [5.74, 6) is -0.451. The van der Waals surface area contributed by atoms with E-state index in [1.807, 2.05) is 30.3 Å². The molecule has 4 rings (SSSR count). The zero-order valence-corrected chi connectivity index (χ0v) is 17.5. The quantitative estimate of drug-likeness (QED) is 0.506. The molecule has 0 spiro atoms. The van der Waals surface area contributed by atoms with Gasteiger partial charge in [-0.2, -0.15) is 0 Å². The first-order valence-electron chi connectivity index (χ1n) is 10.1. The van der Waals surface area contributed by atoms with E-state index in [1.54, 1.807) is 18.2 Å². The van der Waals surface area contributed by atoms with Crippen molar-refractivity contribution in [1.29, 1.82) is 0 Å². The standard InChI is InChI=1S/C24H23ClN2O4/c25-18-4-1-3-16(11-18)22(28)14-27-19-8-6-15-7-9-20(13-17(15)12-19)31-23-21(24(29)30)5-2-10-26-23/h1-5,7,9-11,13,19,22,27-28H,6,8,12,14H2,(H,29,30)/t19-,22-/m0/s1. The van der Waals surface area contributed by atoms with Crippen molar-refractivity contribution in [2.24, 2.45) is 0 Å². The number of aromatic carboxylic acids is 1. The topological polar surface area (TPSA) is 91.7 Å². The predicted octanol–water partition coefficient (Wildman–Crippen LogP) is 4.41. The minimum Gasteiger partial charge on any atom is -0.477 e. The number of hydrogen-bond donors (Lipinski definition) is 3. The molecule has 0 radical (unpaired) electrons. The molecule has 0 amide bonds. The molecule has 0 fully saturated rings. The number of carbonyl (C=O) groups is 1. The Morgan fingerprint density at radius 2 is 2.06 bits per heavy atom. The number of rotatable bonds is 7. The second kappa shape index (κ2) is 9.47. The van der Waals surface area contributed by atoms with Crippen LogP contribution in [0.2, 0.25) is 5.02 Å². The van der Waals surface area contributed by atoms with Crippen LogP contribution in [0, 0.1) is 0 Å². The van der Waals surface area contributed by atoms with Gasteiger partial charge in [-0.15, -0.1) is 0 Å². The molecule has 1 heterocycles. The average Bonchev–Trinajstić information content (AvgIpc) is 2.77. The van der Waals surface area contributed by atoms with E-state index < -0.39 is 12.1 Å². The van der Waals surface area contributed by atoms with Gasteiger partial charge < -0.3 is 20.3 Å². The molecular formula is C24H23ClN2O4. The van der Waals surface area contributed by atoms with Crippen LogP contribution in [-0.4, -0.2) is 33.8 Å². The minimum absolute atomic E-state index is 0.0229. The third-order valence-electron chi connectivity index (χ3n) is 5.46. The van der Waals surface area contributed by atoms with E-state index in [0.29, 0.717) is 17.3 Å². The zero-order valence-electron chi connectivity index (χ0n) is 16.8. The maximum Gasteiger partial charge on any atom is 0.341 e. The van der Waals surface area contributed by atoms with Crippen molar-refractivity contribution >= 4 is 17.6 Å². The van der Waals surface area contributed by atoms with Gasteiger partial charge in [0.15, 0.2) is 0 Å². The SMILES string of the molecule is O=C(O)c1cccnc1Oc1ccc2c(c1)C[C@@H](NC[C@H](O)c1cccc(Cl)c1)CC2. The molecule has 31 heavy (non-hydrogen) atoms. The number of aliphatic hydroxyl groups is 1. The Labute approximate surface area is 185 Å². The number of aliphatic hydroxyl groups excluding tert-OH is 1. The number of hydrogen-bond acceptors (Lipinski definition) is 5. The number of pyridine rings is 1. The number of fused-ring (bicyclic) bond motifs is 1. The molecule has 1 aromatic heterocycles. The molecule has 1 aliphatic carbocycles. The van der Waals surface area contributed by atoms with Gasteiger partial charge in [-0.05, 0) is 72.4 Å². The van der Waals surface area contributed by atoms with Gasteiger partial charge in [0.1, 0.15) is 11.3 Å². The van der Waals surface area contributed by atoms with Crippen LogP contribution in [0.3, 0.4) is 0 Å². The lowest BCUT2D eigenvalue weighted by molar-refractivity contribution is 0.0693. The first-order valence-corrected chi connectivity index (χ1v) is 10.5. The molecule has 3 N–H and O–H groups in total. The molecule has 2 atom stereocenters. The predicted molar refractivity (Wildman–Crippen MR) is 118 cm³/mol. The fraction of sp³-hybridized carbons (Fsp3) is 0.250. The summed E-state index contributed by atoms with van der Waals surface area (Å²) in [5.41, 5.74) is 3.21. The molecular weight excluding hydrogens is 416 g/mol. The van der Waals surface area contributed by atoms with E-state index in [2.05, 4.69) is 10.3 Å². The molecule has 0 unspecified atom stereocenters. The Hall–Kier alpha value is -2.93. The first kappa shape index (κ1) is 21.3. The van der Waals surface area contributed by atoms with E-state index in [-0.39, 0.29) is 17.5 Å². The average molecular weight is 439 g/mol. The van der Waals surface area contributed by atoms with Gasteiger partial charge in [0.25, 0.3) is 0 Å². The summed E-state index contributed by atoms with van der Waals surface area (Å²) < 4.78 is 5.77. The third kappa shape index (κ3) is 5.22. The summed E-state index contributed by atoms with van der Waals surface area (Å²) in [6.07, 6.45) is 3.56. The highest BCUT2D eigenvalue weighted by Gasteiger charge is 2.21. The molecule has 0 saturated heterocycles. The third-order valence-corrected chi connectivity index (χ3v) is 5.69. The van der Waals surface area contributed by atoms with E-state index in [9.17, 15) is 15.0 Å². The second-order valence-corrected chi connectivity index (χ2v) is 8.05. The Morgan fingerprint density at radius 3 is 2.87 bits per heavy atom. The van der Waals surface area contributed by atoms with Crippen LogP contribution in [0.4, 0.5) is 0 Å². The lowest BCUT2D eigenvalue weighted by Crippen LogP contribution is -2.37. The lowest BCUT2D eigenvalue weighted by atomic mass is 9.88. The number of aromatic nitrogens is 1. The van der Waals surface area contributed by atoms with Crippen molar-refractivity contribution in [3.63, 3.8) is 0 Å². The molecule has 0 saturated carbocycles. The van der Waals surface area contributed by atoms with E-state index in [1.165, 1.54) is 17.8 Å². The smallest absolute Gasteiger partial charge is 0.341 e. The van der Waals surface area contributed by atoms with E-state index >= 15 is 0 Å². The normalized spacial score (nSPS) is 16.4. The molecule has 160 valence electrons. The monoisotopic (exact) mass is 438 g/mol. The Bertz CT molecular complexity index is 1090. The fourth-order valence-corrected chi connectivity index (χ4v) is 4.03. The largest absolute Gasteiger partial charge is 0.477 e. The van der Waals surface area contributed by atoms with Crippen molar-refractivity contribution in [3.05, 3.63) is 88.1 Å². The van der Waals surface area contributed by atoms with Crippen LogP contribution in [0.25, 0.3) is 0 Å². The summed E-state index contributed by atoms with van der Waals surface area (Å²) in [4.78, 5) is 15.4. The Morgan fingerprint density at radius 1 is 1.19 bits per heavy atom. The van der Waals surface area contributed by atoms with Crippen LogP contribution in [0.15, 0.2) is 60.8 Å². The second-order valence-electron chi connectivity index (χ2n) is 7.61. The van der Waals surface area contributed by atoms with Gasteiger partial charge in [0.05, 0.1) is 6.10 Å². The fourth-order valence-electron chi connectivity index (χ4n) is 3.83. The first-order chi connectivity index (χ1) is 15.0. The molecule has 3 aromatic rings. The van der Waals surface area contributed by atoms with Gasteiger partial charge >= 0.3 is 5.97 Å². The summed E-state index contributed by atoms with van der Waals surface area (Å²) >= 11 is 6.01. The maximum absolute atomic E-state index is 11.4. The molecule has 0 aliphatic heterocycles. The van der Waals surface area contributed by atoms with Gasteiger partial charge in [0, 0.05) is 23.8 Å². The number of nitrogens with zero attached hydrogens (tertiary/aromatic N) is 1. The molecule has 1 aliphatic rings. The van der Waals surface area contributed by atoms with E-state index in [0.717, 1.165) is 30.4 Å².